The molecule has 0 spiro atoms. The molecule has 0 atom stereocenters. The highest BCUT2D eigenvalue weighted by atomic mass is 35.5. The number of rotatable bonds is 5. The summed E-state index contributed by atoms with van der Waals surface area (Å²) in [6, 6.07) is 5.10. The van der Waals surface area contributed by atoms with Gasteiger partial charge in [0.05, 0.1) is 27.9 Å². The van der Waals surface area contributed by atoms with Crippen molar-refractivity contribution < 1.29 is 9.90 Å². The third-order valence-electron chi connectivity index (χ3n) is 3.34. The van der Waals surface area contributed by atoms with Crippen molar-refractivity contribution >= 4 is 34.8 Å². The monoisotopic (exact) mass is 316 g/mol. The quantitative estimate of drug-likeness (QED) is 0.878. The van der Waals surface area contributed by atoms with E-state index in [-0.39, 0.29) is 12.5 Å². The van der Waals surface area contributed by atoms with Gasteiger partial charge in [-0.3, -0.25) is 9.69 Å². The lowest BCUT2D eigenvalue weighted by Crippen LogP contribution is -2.62. The minimum absolute atomic E-state index is 0.160. The minimum atomic E-state index is -0.622. The largest absolute Gasteiger partial charge is 0.387 e. The number of amides is 1. The van der Waals surface area contributed by atoms with Crippen molar-refractivity contribution in [1.29, 1.82) is 0 Å². The number of benzene rings is 1. The summed E-state index contributed by atoms with van der Waals surface area (Å²) >= 11 is 11.9. The van der Waals surface area contributed by atoms with Crippen LogP contribution in [0.4, 0.5) is 5.69 Å². The van der Waals surface area contributed by atoms with Gasteiger partial charge in [-0.05, 0) is 18.6 Å². The molecule has 1 heterocycles. The van der Waals surface area contributed by atoms with Crippen molar-refractivity contribution in [3.63, 3.8) is 0 Å². The van der Waals surface area contributed by atoms with E-state index in [9.17, 15) is 9.90 Å². The van der Waals surface area contributed by atoms with Gasteiger partial charge >= 0.3 is 0 Å². The van der Waals surface area contributed by atoms with Crippen LogP contribution < -0.4 is 5.32 Å². The second kappa shape index (κ2) is 6.31. The van der Waals surface area contributed by atoms with Gasteiger partial charge in [-0.15, -0.1) is 0 Å². The standard InChI is InChI=1S/C14H18Cl2N2O2/c1-2-6-14(20)8-18(9-14)7-12(19)17-11-5-3-4-10(15)13(11)16/h3-5,20H,2,6-9H2,1H3,(H,17,19). The van der Waals surface area contributed by atoms with E-state index in [1.807, 2.05) is 11.8 Å². The van der Waals surface area contributed by atoms with Crippen LogP contribution in [0.5, 0.6) is 0 Å². The van der Waals surface area contributed by atoms with Crippen molar-refractivity contribution in [2.75, 3.05) is 25.0 Å². The number of nitrogens with one attached hydrogen (secondary N) is 1. The molecule has 0 saturated carbocycles. The first-order chi connectivity index (χ1) is 9.43. The fourth-order valence-corrected chi connectivity index (χ4v) is 2.86. The van der Waals surface area contributed by atoms with E-state index in [1.54, 1.807) is 18.2 Å². The van der Waals surface area contributed by atoms with Crippen molar-refractivity contribution in [2.45, 2.75) is 25.4 Å². The van der Waals surface area contributed by atoms with Crippen LogP contribution in [0.3, 0.4) is 0 Å². The molecule has 6 heteroatoms. The summed E-state index contributed by atoms with van der Waals surface area (Å²) in [7, 11) is 0. The molecule has 4 nitrogen and oxygen atoms in total. The summed E-state index contributed by atoms with van der Waals surface area (Å²) in [4.78, 5) is 13.8. The molecule has 1 aliphatic rings. The average molecular weight is 317 g/mol. The molecule has 110 valence electrons. The normalized spacial score (nSPS) is 17.6. The fourth-order valence-electron chi connectivity index (χ4n) is 2.51. The lowest BCUT2D eigenvalue weighted by atomic mass is 9.89. The number of anilines is 1. The zero-order valence-corrected chi connectivity index (χ0v) is 12.8. The summed E-state index contributed by atoms with van der Waals surface area (Å²) in [5.41, 5.74) is -0.114. The maximum atomic E-state index is 11.9. The molecule has 1 aliphatic heterocycles. The Morgan fingerprint density at radius 1 is 1.45 bits per heavy atom. The summed E-state index contributed by atoms with van der Waals surface area (Å²) < 4.78 is 0. The molecule has 0 radical (unpaired) electrons. The van der Waals surface area contributed by atoms with Crippen LogP contribution in [-0.4, -0.2) is 41.1 Å². The van der Waals surface area contributed by atoms with Gasteiger partial charge in [0, 0.05) is 13.1 Å². The Balaban J connectivity index is 1.84. The molecular formula is C14H18Cl2N2O2. The Labute approximate surface area is 128 Å². The molecular weight excluding hydrogens is 299 g/mol. The van der Waals surface area contributed by atoms with Crippen LogP contribution in [0.15, 0.2) is 18.2 Å². The molecule has 1 amide bonds. The first-order valence-corrected chi connectivity index (χ1v) is 7.38. The zero-order valence-electron chi connectivity index (χ0n) is 11.3. The number of carbonyl (C=O) groups is 1. The van der Waals surface area contributed by atoms with Gasteiger partial charge in [-0.25, -0.2) is 0 Å². The highest BCUT2D eigenvalue weighted by molar-refractivity contribution is 6.43. The third-order valence-corrected chi connectivity index (χ3v) is 4.16. The highest BCUT2D eigenvalue weighted by Crippen LogP contribution is 2.30. The van der Waals surface area contributed by atoms with Crippen molar-refractivity contribution in [1.82, 2.24) is 4.90 Å². The minimum Gasteiger partial charge on any atom is -0.387 e. The van der Waals surface area contributed by atoms with Gasteiger partial charge in [0.1, 0.15) is 0 Å². The number of aliphatic hydroxyl groups is 1. The topological polar surface area (TPSA) is 52.6 Å². The maximum Gasteiger partial charge on any atom is 0.238 e. The number of carbonyl (C=O) groups excluding carboxylic acids is 1. The van der Waals surface area contributed by atoms with E-state index >= 15 is 0 Å². The molecule has 0 unspecified atom stereocenters. The van der Waals surface area contributed by atoms with E-state index in [1.165, 1.54) is 0 Å². The molecule has 1 fully saturated rings. The van der Waals surface area contributed by atoms with E-state index in [4.69, 9.17) is 23.2 Å². The lowest BCUT2D eigenvalue weighted by molar-refractivity contribution is -0.129. The van der Waals surface area contributed by atoms with Gasteiger partial charge in [0.25, 0.3) is 0 Å². The summed E-state index contributed by atoms with van der Waals surface area (Å²) in [5, 5.41) is 13.5. The number of hydrogen-bond donors (Lipinski definition) is 2. The molecule has 0 aromatic heterocycles. The van der Waals surface area contributed by atoms with Gasteiger partial charge in [-0.2, -0.15) is 0 Å². The first-order valence-electron chi connectivity index (χ1n) is 6.62. The number of likely N-dealkylation sites (tertiary alicyclic amines) is 1. The fraction of sp³-hybridized carbons (Fsp3) is 0.500. The van der Waals surface area contributed by atoms with Crippen LogP contribution in [0, 0.1) is 0 Å². The van der Waals surface area contributed by atoms with Gasteiger partial charge in [0.15, 0.2) is 0 Å². The maximum absolute atomic E-state index is 11.9. The van der Waals surface area contributed by atoms with Crippen molar-refractivity contribution in [2.24, 2.45) is 0 Å². The molecule has 1 saturated heterocycles. The van der Waals surface area contributed by atoms with Crippen LogP contribution >= 0.6 is 23.2 Å². The van der Waals surface area contributed by atoms with Crippen LogP contribution in [-0.2, 0) is 4.79 Å². The number of β-amino-alcohol motifs (C(OH)–C–C–N with tert-alkyl or cyclic N) is 1. The van der Waals surface area contributed by atoms with Gasteiger partial charge in [-0.1, -0.05) is 42.6 Å². The summed E-state index contributed by atoms with van der Waals surface area (Å²) in [6.45, 7) is 3.36. The first kappa shape index (κ1) is 15.6. The van der Waals surface area contributed by atoms with Crippen LogP contribution in [0.25, 0.3) is 0 Å². The second-order valence-electron chi connectivity index (χ2n) is 5.27. The molecule has 1 aromatic carbocycles. The molecule has 1 aromatic rings. The molecule has 0 bridgehead atoms. The van der Waals surface area contributed by atoms with Gasteiger partial charge < -0.3 is 10.4 Å². The Kier molecular flexibility index (Phi) is 4.91. The average Bonchev–Trinajstić information content (AvgIpc) is 2.33. The van der Waals surface area contributed by atoms with E-state index in [0.717, 1.165) is 12.8 Å². The summed E-state index contributed by atoms with van der Waals surface area (Å²) in [5.74, 6) is -0.160. The van der Waals surface area contributed by atoms with Crippen molar-refractivity contribution in [3.8, 4) is 0 Å². The Bertz CT molecular complexity index is 502. The molecule has 2 rings (SSSR count). The smallest absolute Gasteiger partial charge is 0.238 e. The highest BCUT2D eigenvalue weighted by Gasteiger charge is 2.40. The predicted octanol–water partition coefficient (Wildman–Crippen LogP) is 2.78. The van der Waals surface area contributed by atoms with Crippen LogP contribution in [0.1, 0.15) is 19.8 Å². The molecule has 0 aliphatic carbocycles. The Hall–Kier alpha value is -0.810. The summed E-state index contributed by atoms with van der Waals surface area (Å²) in [6.07, 6.45) is 1.71. The van der Waals surface area contributed by atoms with Gasteiger partial charge in [0.2, 0.25) is 5.91 Å². The van der Waals surface area contributed by atoms with E-state index < -0.39 is 5.60 Å². The van der Waals surface area contributed by atoms with Crippen molar-refractivity contribution in [3.05, 3.63) is 28.2 Å². The number of nitrogens with zero attached hydrogens (tertiary/aromatic N) is 1. The molecule has 20 heavy (non-hydrogen) atoms. The zero-order chi connectivity index (χ0) is 14.8. The predicted molar refractivity (Wildman–Crippen MR) is 81.4 cm³/mol. The Morgan fingerprint density at radius 3 is 2.80 bits per heavy atom. The molecule has 2 N–H and O–H groups in total. The third kappa shape index (κ3) is 3.64. The Morgan fingerprint density at radius 2 is 2.15 bits per heavy atom. The second-order valence-corrected chi connectivity index (χ2v) is 6.05. The van der Waals surface area contributed by atoms with Crippen LogP contribution in [0.2, 0.25) is 10.0 Å². The van der Waals surface area contributed by atoms with E-state index in [0.29, 0.717) is 28.8 Å². The number of halogens is 2. The number of hydrogen-bond acceptors (Lipinski definition) is 3. The lowest BCUT2D eigenvalue weighted by Gasteiger charge is -2.46. The van der Waals surface area contributed by atoms with E-state index in [2.05, 4.69) is 5.32 Å². The SMILES string of the molecule is CCCC1(O)CN(CC(=O)Nc2cccc(Cl)c2Cl)C1.